The second kappa shape index (κ2) is 6.06. The van der Waals surface area contributed by atoms with E-state index in [1.165, 1.54) is 0 Å². The van der Waals surface area contributed by atoms with Gasteiger partial charge in [-0.05, 0) is 11.6 Å². The van der Waals surface area contributed by atoms with Crippen LogP contribution in [0.5, 0.6) is 5.75 Å². The van der Waals surface area contributed by atoms with Gasteiger partial charge in [-0.25, -0.2) is 4.39 Å². The summed E-state index contributed by atoms with van der Waals surface area (Å²) in [5.74, 6) is -2.04. The molecule has 1 aromatic heterocycles. The molecular weight excluding hydrogens is 321 g/mol. The van der Waals surface area contributed by atoms with Crippen LogP contribution in [0.25, 0.3) is 11.1 Å². The van der Waals surface area contributed by atoms with Gasteiger partial charge in [0.15, 0.2) is 5.82 Å². The Bertz CT molecular complexity index is 1000. The van der Waals surface area contributed by atoms with E-state index in [-0.39, 0.29) is 22.5 Å². The Morgan fingerprint density at radius 1 is 1.33 bits per heavy atom. The molecule has 0 unspecified atom stereocenters. The number of rotatable bonds is 3. The number of nitrogens with zero attached hydrogens (tertiary/aromatic N) is 3. The minimum Gasteiger partial charge on any atom is -0.488 e. The SMILES string of the molecule is COc1c(F)cc(-c2c(C#N)c(N)[nH]c(=O)c2C#N)cc1[N+](=O)[O-]. The molecule has 24 heavy (non-hydrogen) atoms. The van der Waals surface area contributed by atoms with Gasteiger partial charge in [-0.15, -0.1) is 0 Å². The number of nitrogens with two attached hydrogens (primary N) is 1. The highest BCUT2D eigenvalue weighted by atomic mass is 19.1. The number of aromatic nitrogens is 1. The highest BCUT2D eigenvalue weighted by Crippen LogP contribution is 2.37. The largest absolute Gasteiger partial charge is 0.488 e. The number of aromatic amines is 1. The summed E-state index contributed by atoms with van der Waals surface area (Å²) in [5.41, 5.74) is 2.60. The Labute approximate surface area is 133 Å². The lowest BCUT2D eigenvalue weighted by Crippen LogP contribution is -2.16. The van der Waals surface area contributed by atoms with Crippen molar-refractivity contribution in [3.63, 3.8) is 0 Å². The van der Waals surface area contributed by atoms with Gasteiger partial charge in [0.1, 0.15) is 29.1 Å². The molecule has 0 aliphatic rings. The zero-order valence-electron chi connectivity index (χ0n) is 12.1. The van der Waals surface area contributed by atoms with Gasteiger partial charge in [0.25, 0.3) is 5.56 Å². The van der Waals surface area contributed by atoms with E-state index < -0.39 is 33.3 Å². The molecule has 0 aliphatic carbocycles. The number of nitrogen functional groups attached to an aromatic ring is 1. The molecule has 0 amide bonds. The van der Waals surface area contributed by atoms with Gasteiger partial charge in [0.2, 0.25) is 5.75 Å². The van der Waals surface area contributed by atoms with E-state index in [2.05, 4.69) is 9.72 Å². The summed E-state index contributed by atoms with van der Waals surface area (Å²) in [7, 11) is 1.05. The summed E-state index contributed by atoms with van der Waals surface area (Å²) in [4.78, 5) is 24.2. The molecule has 3 N–H and O–H groups in total. The molecule has 2 aromatic rings. The van der Waals surface area contributed by atoms with Crippen LogP contribution in [-0.2, 0) is 0 Å². The molecular formula is C14H8FN5O4. The van der Waals surface area contributed by atoms with Gasteiger partial charge in [-0.2, -0.15) is 10.5 Å². The standard InChI is InChI=1S/C14H8FN5O4/c1-24-12-9(15)2-6(3-10(12)20(22)23)11-7(4-16)13(18)19-14(21)8(11)5-17/h2-3H,1H3,(H3,18,19,21). The lowest BCUT2D eigenvalue weighted by molar-refractivity contribution is -0.385. The number of nitriles is 2. The molecule has 0 bridgehead atoms. The lowest BCUT2D eigenvalue weighted by Gasteiger charge is -2.10. The van der Waals surface area contributed by atoms with Crippen LogP contribution in [0.2, 0.25) is 0 Å². The molecule has 120 valence electrons. The predicted molar refractivity (Wildman–Crippen MR) is 79.5 cm³/mol. The van der Waals surface area contributed by atoms with Crippen molar-refractivity contribution in [1.29, 1.82) is 10.5 Å². The van der Waals surface area contributed by atoms with Gasteiger partial charge in [0.05, 0.1) is 12.0 Å². The normalized spacial score (nSPS) is 9.83. The number of ether oxygens (including phenoxy) is 1. The summed E-state index contributed by atoms with van der Waals surface area (Å²) in [6, 6.07) is 5.00. The highest BCUT2D eigenvalue weighted by molar-refractivity contribution is 5.82. The second-order valence-electron chi connectivity index (χ2n) is 4.48. The minimum absolute atomic E-state index is 0.217. The fraction of sp³-hybridized carbons (Fsp3) is 0.0714. The monoisotopic (exact) mass is 329 g/mol. The number of methoxy groups -OCH3 is 1. The van der Waals surface area contributed by atoms with E-state index in [0.29, 0.717) is 0 Å². The molecule has 1 heterocycles. The molecule has 0 radical (unpaired) electrons. The first-order chi connectivity index (χ1) is 11.3. The second-order valence-corrected chi connectivity index (χ2v) is 4.48. The number of nitro benzene ring substituents is 1. The van der Waals surface area contributed by atoms with Crippen LogP contribution in [0, 0.1) is 38.6 Å². The average molecular weight is 329 g/mol. The Hall–Kier alpha value is -3.92. The van der Waals surface area contributed by atoms with Crippen molar-refractivity contribution in [3.8, 4) is 29.0 Å². The third kappa shape index (κ3) is 2.48. The fourth-order valence-electron chi connectivity index (χ4n) is 2.19. The molecule has 9 nitrogen and oxygen atoms in total. The van der Waals surface area contributed by atoms with Crippen molar-refractivity contribution in [3.05, 3.63) is 49.5 Å². The van der Waals surface area contributed by atoms with E-state index >= 15 is 0 Å². The minimum atomic E-state index is -1.09. The van der Waals surface area contributed by atoms with Crippen LogP contribution in [0.4, 0.5) is 15.9 Å². The molecule has 0 spiro atoms. The van der Waals surface area contributed by atoms with Crippen molar-refractivity contribution in [1.82, 2.24) is 4.98 Å². The first-order valence-corrected chi connectivity index (χ1v) is 6.23. The van der Waals surface area contributed by atoms with Crippen molar-refractivity contribution < 1.29 is 14.1 Å². The third-order valence-electron chi connectivity index (χ3n) is 3.18. The number of hydrogen-bond acceptors (Lipinski definition) is 7. The van der Waals surface area contributed by atoms with Crippen LogP contribution in [-0.4, -0.2) is 17.0 Å². The summed E-state index contributed by atoms with van der Waals surface area (Å²) in [6.07, 6.45) is 0. The maximum absolute atomic E-state index is 14.1. The maximum atomic E-state index is 14.1. The molecule has 0 atom stereocenters. The number of hydrogen-bond donors (Lipinski definition) is 2. The Kier molecular flexibility index (Phi) is 4.15. The molecule has 2 rings (SSSR count). The number of nitro groups is 1. The number of benzene rings is 1. The van der Waals surface area contributed by atoms with Crippen molar-refractivity contribution in [2.45, 2.75) is 0 Å². The maximum Gasteiger partial charge on any atom is 0.314 e. The third-order valence-corrected chi connectivity index (χ3v) is 3.18. The molecule has 0 fully saturated rings. The molecule has 0 saturated carbocycles. The van der Waals surface area contributed by atoms with Crippen molar-refractivity contribution >= 4 is 11.5 Å². The summed E-state index contributed by atoms with van der Waals surface area (Å²) in [6.45, 7) is 0. The van der Waals surface area contributed by atoms with Crippen molar-refractivity contribution in [2.24, 2.45) is 0 Å². The van der Waals surface area contributed by atoms with E-state index in [0.717, 1.165) is 19.2 Å². The van der Waals surface area contributed by atoms with Gasteiger partial charge >= 0.3 is 5.69 Å². The number of anilines is 1. The first kappa shape index (κ1) is 16.5. The van der Waals surface area contributed by atoms with Crippen LogP contribution in [0.1, 0.15) is 11.1 Å². The smallest absolute Gasteiger partial charge is 0.314 e. The van der Waals surface area contributed by atoms with Crippen LogP contribution in [0.15, 0.2) is 16.9 Å². The average Bonchev–Trinajstić information content (AvgIpc) is 2.53. The number of H-pyrrole nitrogens is 1. The molecule has 0 aliphatic heterocycles. The Morgan fingerprint density at radius 3 is 2.46 bits per heavy atom. The molecule has 10 heteroatoms. The van der Waals surface area contributed by atoms with Crippen molar-refractivity contribution in [2.75, 3.05) is 12.8 Å². The summed E-state index contributed by atoms with van der Waals surface area (Å²) in [5, 5.41) is 29.4. The summed E-state index contributed by atoms with van der Waals surface area (Å²) >= 11 is 0. The fourth-order valence-corrected chi connectivity index (χ4v) is 2.19. The van der Waals surface area contributed by atoms with E-state index in [1.54, 1.807) is 12.1 Å². The number of halogens is 1. The topological polar surface area (TPSA) is 159 Å². The first-order valence-electron chi connectivity index (χ1n) is 6.23. The van der Waals surface area contributed by atoms with Gasteiger partial charge in [-0.3, -0.25) is 14.9 Å². The van der Waals surface area contributed by atoms with Crippen LogP contribution in [0.3, 0.4) is 0 Å². The van der Waals surface area contributed by atoms with E-state index in [4.69, 9.17) is 11.0 Å². The zero-order valence-corrected chi connectivity index (χ0v) is 12.1. The predicted octanol–water partition coefficient (Wildman–Crippen LogP) is 1.42. The van der Waals surface area contributed by atoms with Crippen LogP contribution < -0.4 is 16.0 Å². The van der Waals surface area contributed by atoms with Crippen LogP contribution >= 0.6 is 0 Å². The van der Waals surface area contributed by atoms with Gasteiger partial charge < -0.3 is 15.5 Å². The number of nitrogens with one attached hydrogen (secondary N) is 1. The zero-order chi connectivity index (χ0) is 18.0. The molecule has 1 aromatic carbocycles. The van der Waals surface area contributed by atoms with Gasteiger partial charge in [-0.1, -0.05) is 0 Å². The quantitative estimate of drug-likeness (QED) is 0.636. The van der Waals surface area contributed by atoms with E-state index in [9.17, 15) is 24.6 Å². The Morgan fingerprint density at radius 2 is 1.96 bits per heavy atom. The number of pyridine rings is 1. The Balaban J connectivity index is 2.98. The highest BCUT2D eigenvalue weighted by Gasteiger charge is 2.25. The molecule has 0 saturated heterocycles. The van der Waals surface area contributed by atoms with Gasteiger partial charge in [0, 0.05) is 11.6 Å². The lowest BCUT2D eigenvalue weighted by atomic mass is 9.96. The van der Waals surface area contributed by atoms with E-state index in [1.807, 2.05) is 0 Å². The summed E-state index contributed by atoms with van der Waals surface area (Å²) < 4.78 is 18.8.